The van der Waals surface area contributed by atoms with E-state index in [9.17, 15) is 4.79 Å². The Labute approximate surface area is 113 Å². The monoisotopic (exact) mass is 265 g/mol. The number of ether oxygens (including phenoxy) is 1. The fourth-order valence-electron chi connectivity index (χ4n) is 2.53. The van der Waals surface area contributed by atoms with Gasteiger partial charge in [-0.2, -0.15) is 0 Å². The number of nitrogens with one attached hydrogen (secondary N) is 2. The SMILES string of the molecule is COC1CC(Nc2cc(=O)[nH]c(C(C)C)n2)C1(C)C. The molecule has 2 unspecified atom stereocenters. The smallest absolute Gasteiger partial charge is 0.252 e. The van der Waals surface area contributed by atoms with Crippen LogP contribution in [0, 0.1) is 5.41 Å². The Hall–Kier alpha value is -1.36. The number of anilines is 1. The second-order valence-electron chi connectivity index (χ2n) is 6.15. The summed E-state index contributed by atoms with van der Waals surface area (Å²) >= 11 is 0. The first-order valence-corrected chi connectivity index (χ1v) is 6.75. The van der Waals surface area contributed by atoms with Crippen molar-refractivity contribution in [3.63, 3.8) is 0 Å². The highest BCUT2D eigenvalue weighted by Crippen LogP contribution is 2.43. The van der Waals surface area contributed by atoms with Crippen LogP contribution < -0.4 is 10.9 Å². The third-order valence-corrected chi connectivity index (χ3v) is 4.09. The summed E-state index contributed by atoms with van der Waals surface area (Å²) in [6.07, 6.45) is 1.20. The zero-order valence-corrected chi connectivity index (χ0v) is 12.3. The topological polar surface area (TPSA) is 67.0 Å². The molecule has 5 nitrogen and oxygen atoms in total. The van der Waals surface area contributed by atoms with Crippen LogP contribution in [0.25, 0.3) is 0 Å². The Morgan fingerprint density at radius 1 is 1.53 bits per heavy atom. The van der Waals surface area contributed by atoms with E-state index < -0.39 is 0 Å². The van der Waals surface area contributed by atoms with Crippen LogP contribution >= 0.6 is 0 Å². The quantitative estimate of drug-likeness (QED) is 0.875. The summed E-state index contributed by atoms with van der Waals surface area (Å²) in [5, 5.41) is 3.36. The molecule has 1 aliphatic carbocycles. The molecular formula is C14H23N3O2. The second-order valence-corrected chi connectivity index (χ2v) is 6.15. The van der Waals surface area contributed by atoms with E-state index in [1.807, 2.05) is 13.8 Å². The van der Waals surface area contributed by atoms with Crippen LogP contribution in [-0.4, -0.2) is 29.2 Å². The minimum absolute atomic E-state index is 0.0526. The van der Waals surface area contributed by atoms with Crippen LogP contribution in [-0.2, 0) is 4.74 Å². The summed E-state index contributed by atoms with van der Waals surface area (Å²) in [5.74, 6) is 1.58. The van der Waals surface area contributed by atoms with Crippen molar-refractivity contribution in [2.45, 2.75) is 52.2 Å². The van der Waals surface area contributed by atoms with Crippen molar-refractivity contribution >= 4 is 5.82 Å². The number of hydrogen-bond donors (Lipinski definition) is 2. The van der Waals surface area contributed by atoms with Gasteiger partial charge in [0, 0.05) is 30.6 Å². The molecule has 0 radical (unpaired) electrons. The maximum absolute atomic E-state index is 11.6. The van der Waals surface area contributed by atoms with Gasteiger partial charge >= 0.3 is 0 Å². The van der Waals surface area contributed by atoms with Gasteiger partial charge in [0.15, 0.2) is 0 Å². The first-order chi connectivity index (χ1) is 8.84. The molecule has 2 N–H and O–H groups in total. The van der Waals surface area contributed by atoms with Crippen molar-refractivity contribution in [1.29, 1.82) is 0 Å². The average molecular weight is 265 g/mol. The molecule has 2 rings (SSSR count). The fourth-order valence-corrected chi connectivity index (χ4v) is 2.53. The van der Waals surface area contributed by atoms with Crippen molar-refractivity contribution < 1.29 is 4.74 Å². The van der Waals surface area contributed by atoms with Gasteiger partial charge < -0.3 is 15.0 Å². The van der Waals surface area contributed by atoms with E-state index >= 15 is 0 Å². The van der Waals surface area contributed by atoms with Crippen molar-refractivity contribution in [3.05, 3.63) is 22.2 Å². The van der Waals surface area contributed by atoms with Crippen LogP contribution in [0.4, 0.5) is 5.82 Å². The first-order valence-electron chi connectivity index (χ1n) is 6.75. The van der Waals surface area contributed by atoms with Crippen molar-refractivity contribution in [3.8, 4) is 0 Å². The summed E-state index contributed by atoms with van der Waals surface area (Å²) in [4.78, 5) is 18.9. The van der Waals surface area contributed by atoms with Gasteiger partial charge in [0.1, 0.15) is 11.6 Å². The lowest BCUT2D eigenvalue weighted by Crippen LogP contribution is -2.57. The van der Waals surface area contributed by atoms with Crippen LogP contribution in [0.1, 0.15) is 45.9 Å². The zero-order valence-electron chi connectivity index (χ0n) is 12.3. The highest BCUT2D eigenvalue weighted by Gasteiger charge is 2.48. The molecular weight excluding hydrogens is 242 g/mol. The van der Waals surface area contributed by atoms with Crippen LogP contribution in [0.3, 0.4) is 0 Å². The maximum Gasteiger partial charge on any atom is 0.252 e. The number of aromatic amines is 1. The number of rotatable bonds is 4. The summed E-state index contributed by atoms with van der Waals surface area (Å²) in [5.41, 5.74) is -0.0570. The Balaban J connectivity index is 2.15. The largest absolute Gasteiger partial charge is 0.381 e. The number of nitrogens with zero attached hydrogens (tertiary/aromatic N) is 1. The van der Waals surface area contributed by atoms with Gasteiger partial charge in [-0.25, -0.2) is 4.98 Å². The molecule has 0 bridgehead atoms. The molecule has 0 saturated heterocycles. The van der Waals surface area contributed by atoms with E-state index in [0.717, 1.165) is 12.2 Å². The highest BCUT2D eigenvalue weighted by atomic mass is 16.5. The Morgan fingerprint density at radius 2 is 2.21 bits per heavy atom. The number of aromatic nitrogens is 2. The molecule has 0 aliphatic heterocycles. The normalized spacial score (nSPS) is 25.2. The van der Waals surface area contributed by atoms with Gasteiger partial charge in [0.25, 0.3) is 5.56 Å². The van der Waals surface area contributed by atoms with E-state index in [4.69, 9.17) is 4.74 Å². The third kappa shape index (κ3) is 2.66. The molecule has 0 amide bonds. The summed E-state index contributed by atoms with van der Waals surface area (Å²) in [6.45, 7) is 8.35. The standard InChI is InChI=1S/C14H23N3O2/c1-8(2)13-16-11(7-12(18)17-13)15-9-6-10(19-5)14(9,3)4/h7-10H,6H2,1-5H3,(H2,15,16,17,18). The van der Waals surface area contributed by atoms with Crippen LogP contribution in [0.15, 0.2) is 10.9 Å². The maximum atomic E-state index is 11.6. The molecule has 1 aromatic heterocycles. The lowest BCUT2D eigenvalue weighted by molar-refractivity contribution is -0.0795. The lowest BCUT2D eigenvalue weighted by atomic mass is 9.64. The number of H-pyrrole nitrogens is 1. The molecule has 106 valence electrons. The molecule has 1 aromatic rings. The van der Waals surface area contributed by atoms with Crippen LogP contribution in [0.5, 0.6) is 0 Å². The lowest BCUT2D eigenvalue weighted by Gasteiger charge is -2.51. The average Bonchev–Trinajstić information content (AvgIpc) is 2.33. The van der Waals surface area contributed by atoms with Gasteiger partial charge in [-0.05, 0) is 6.42 Å². The highest BCUT2D eigenvalue weighted by molar-refractivity contribution is 5.37. The van der Waals surface area contributed by atoms with Gasteiger partial charge in [-0.3, -0.25) is 4.79 Å². The molecule has 0 spiro atoms. The predicted molar refractivity (Wildman–Crippen MR) is 75.6 cm³/mol. The predicted octanol–water partition coefficient (Wildman–Crippen LogP) is 2.12. The van der Waals surface area contributed by atoms with E-state index in [0.29, 0.717) is 5.82 Å². The molecule has 5 heteroatoms. The van der Waals surface area contributed by atoms with Crippen molar-refractivity contribution in [2.24, 2.45) is 5.41 Å². The molecule has 1 aliphatic rings. The van der Waals surface area contributed by atoms with Gasteiger partial charge in [0.05, 0.1) is 6.10 Å². The van der Waals surface area contributed by atoms with E-state index in [1.165, 1.54) is 6.07 Å². The Morgan fingerprint density at radius 3 is 2.74 bits per heavy atom. The molecule has 1 saturated carbocycles. The Kier molecular flexibility index (Phi) is 3.67. The molecule has 0 aromatic carbocycles. The van der Waals surface area contributed by atoms with Crippen molar-refractivity contribution in [2.75, 3.05) is 12.4 Å². The summed E-state index contributed by atoms with van der Waals surface area (Å²) in [7, 11) is 1.74. The van der Waals surface area contributed by atoms with Gasteiger partial charge in [-0.1, -0.05) is 27.7 Å². The number of methoxy groups -OCH3 is 1. The second kappa shape index (κ2) is 4.96. The van der Waals surface area contributed by atoms with E-state index in [-0.39, 0.29) is 29.0 Å². The number of hydrogen-bond acceptors (Lipinski definition) is 4. The van der Waals surface area contributed by atoms with Crippen LogP contribution in [0.2, 0.25) is 0 Å². The minimum atomic E-state index is -0.110. The summed E-state index contributed by atoms with van der Waals surface area (Å²) in [6, 6.07) is 1.80. The molecule has 1 fully saturated rings. The van der Waals surface area contributed by atoms with E-state index in [2.05, 4.69) is 29.1 Å². The molecule has 19 heavy (non-hydrogen) atoms. The van der Waals surface area contributed by atoms with Gasteiger partial charge in [0.2, 0.25) is 0 Å². The Bertz CT molecular complexity index is 508. The third-order valence-electron chi connectivity index (χ3n) is 4.09. The molecule has 1 heterocycles. The minimum Gasteiger partial charge on any atom is -0.381 e. The summed E-state index contributed by atoms with van der Waals surface area (Å²) < 4.78 is 5.43. The van der Waals surface area contributed by atoms with Crippen molar-refractivity contribution in [1.82, 2.24) is 9.97 Å². The van der Waals surface area contributed by atoms with Gasteiger partial charge in [-0.15, -0.1) is 0 Å². The zero-order chi connectivity index (χ0) is 14.2. The fraction of sp³-hybridized carbons (Fsp3) is 0.714. The first kappa shape index (κ1) is 14.1. The molecule has 2 atom stereocenters. The van der Waals surface area contributed by atoms with E-state index in [1.54, 1.807) is 7.11 Å².